The number of hydrogen-bond acceptors (Lipinski definition) is 5. The molecule has 0 amide bonds. The SMILES string of the molecule is CCC(C)(CO)NS(=O)(=O)c1cc(C(=O)O)oc1C. The Morgan fingerprint density at radius 1 is 1.53 bits per heavy atom. The molecule has 1 aromatic heterocycles. The highest BCUT2D eigenvalue weighted by Crippen LogP contribution is 2.22. The van der Waals surface area contributed by atoms with E-state index < -0.39 is 27.3 Å². The lowest BCUT2D eigenvalue weighted by molar-refractivity contribution is 0.0661. The first-order valence-corrected chi connectivity index (χ1v) is 7.12. The second kappa shape index (κ2) is 5.32. The van der Waals surface area contributed by atoms with Crippen LogP contribution in [0.5, 0.6) is 0 Å². The maximum atomic E-state index is 12.1. The molecule has 3 N–H and O–H groups in total. The Kier molecular flexibility index (Phi) is 4.39. The van der Waals surface area contributed by atoms with Crippen molar-refractivity contribution in [2.45, 2.75) is 37.6 Å². The number of carboxylic acids is 1. The van der Waals surface area contributed by atoms with E-state index in [2.05, 4.69) is 4.72 Å². The van der Waals surface area contributed by atoms with E-state index in [9.17, 15) is 18.3 Å². The molecule has 8 heteroatoms. The zero-order valence-corrected chi connectivity index (χ0v) is 11.7. The van der Waals surface area contributed by atoms with Crippen molar-refractivity contribution in [2.24, 2.45) is 0 Å². The fourth-order valence-electron chi connectivity index (χ4n) is 1.43. The number of aromatic carboxylic acids is 1. The van der Waals surface area contributed by atoms with Gasteiger partial charge in [-0.25, -0.2) is 17.9 Å². The number of furan rings is 1. The topological polar surface area (TPSA) is 117 Å². The van der Waals surface area contributed by atoms with Gasteiger partial charge in [-0.3, -0.25) is 0 Å². The zero-order valence-electron chi connectivity index (χ0n) is 10.9. The number of carbonyl (C=O) groups is 1. The predicted octanol–water partition coefficient (Wildman–Crippen LogP) is 0.726. The minimum Gasteiger partial charge on any atom is -0.475 e. The first-order chi connectivity index (χ1) is 8.65. The molecule has 1 rings (SSSR count). The molecule has 1 heterocycles. The van der Waals surface area contributed by atoms with Crippen molar-refractivity contribution in [3.05, 3.63) is 17.6 Å². The van der Waals surface area contributed by atoms with Gasteiger partial charge in [0.25, 0.3) is 0 Å². The van der Waals surface area contributed by atoms with Crippen LogP contribution in [0.15, 0.2) is 15.4 Å². The summed E-state index contributed by atoms with van der Waals surface area (Å²) in [6.45, 7) is 4.27. The largest absolute Gasteiger partial charge is 0.475 e. The Morgan fingerprint density at radius 3 is 2.47 bits per heavy atom. The molecule has 1 atom stereocenters. The van der Waals surface area contributed by atoms with Crippen molar-refractivity contribution < 1.29 is 27.8 Å². The molecule has 0 spiro atoms. The standard InChI is InChI=1S/C11H17NO6S/c1-4-11(3,6-13)12-19(16,17)9-5-8(10(14)15)18-7(9)2/h5,12-13H,4,6H2,1-3H3,(H,14,15). The molecule has 7 nitrogen and oxygen atoms in total. The maximum Gasteiger partial charge on any atom is 0.371 e. The average Bonchev–Trinajstić information content (AvgIpc) is 2.71. The highest BCUT2D eigenvalue weighted by Gasteiger charge is 2.31. The normalized spacial score (nSPS) is 15.2. The quantitative estimate of drug-likeness (QED) is 0.711. The summed E-state index contributed by atoms with van der Waals surface area (Å²) in [5.74, 6) is -1.80. The lowest BCUT2D eigenvalue weighted by Crippen LogP contribution is -2.48. The maximum absolute atomic E-state index is 12.1. The molecule has 1 aromatic rings. The molecule has 0 aromatic carbocycles. The first kappa shape index (κ1) is 15.7. The summed E-state index contributed by atoms with van der Waals surface area (Å²) >= 11 is 0. The Balaban J connectivity index is 3.18. The van der Waals surface area contributed by atoms with E-state index in [1.165, 1.54) is 6.92 Å². The molecule has 0 aliphatic rings. The number of carboxylic acid groups (broad SMARTS) is 1. The van der Waals surface area contributed by atoms with Crippen LogP contribution in [0.2, 0.25) is 0 Å². The molecule has 0 saturated heterocycles. The van der Waals surface area contributed by atoms with Crippen LogP contribution in [0.25, 0.3) is 0 Å². The van der Waals surface area contributed by atoms with Gasteiger partial charge in [-0.15, -0.1) is 0 Å². The van der Waals surface area contributed by atoms with Crippen molar-refractivity contribution in [1.82, 2.24) is 4.72 Å². The van der Waals surface area contributed by atoms with Gasteiger partial charge >= 0.3 is 5.97 Å². The summed E-state index contributed by atoms with van der Waals surface area (Å²) in [5.41, 5.74) is -1.01. The van der Waals surface area contributed by atoms with Crippen molar-refractivity contribution in [3.63, 3.8) is 0 Å². The van der Waals surface area contributed by atoms with E-state index in [-0.39, 0.29) is 17.3 Å². The molecule has 0 fully saturated rings. The fraction of sp³-hybridized carbons (Fsp3) is 0.545. The Hall–Kier alpha value is -1.38. The summed E-state index contributed by atoms with van der Waals surface area (Å²) in [4.78, 5) is 10.5. The Labute approximate surface area is 111 Å². The van der Waals surface area contributed by atoms with Crippen LogP contribution in [-0.2, 0) is 10.0 Å². The number of aliphatic hydroxyl groups is 1. The van der Waals surface area contributed by atoms with Crippen molar-refractivity contribution in [3.8, 4) is 0 Å². The molecule has 0 saturated carbocycles. The van der Waals surface area contributed by atoms with Gasteiger partial charge in [0.2, 0.25) is 15.8 Å². The van der Waals surface area contributed by atoms with Gasteiger partial charge in [-0.2, -0.15) is 0 Å². The summed E-state index contributed by atoms with van der Waals surface area (Å²) < 4.78 is 31.5. The second-order valence-electron chi connectivity index (χ2n) is 4.51. The molecular formula is C11H17NO6S. The summed E-state index contributed by atoms with van der Waals surface area (Å²) in [6.07, 6.45) is 0.380. The van der Waals surface area contributed by atoms with Crippen molar-refractivity contribution in [1.29, 1.82) is 0 Å². The van der Waals surface area contributed by atoms with Gasteiger partial charge in [0.15, 0.2) is 0 Å². The van der Waals surface area contributed by atoms with Gasteiger partial charge in [0, 0.05) is 6.07 Å². The molecule has 0 radical (unpaired) electrons. The smallest absolute Gasteiger partial charge is 0.371 e. The Bertz CT molecular complexity index is 570. The van der Waals surface area contributed by atoms with E-state index in [0.29, 0.717) is 6.42 Å². The van der Waals surface area contributed by atoms with Gasteiger partial charge in [-0.1, -0.05) is 6.92 Å². The minimum atomic E-state index is -3.95. The van der Waals surface area contributed by atoms with Crippen LogP contribution < -0.4 is 4.72 Å². The van der Waals surface area contributed by atoms with Crippen LogP contribution in [0.1, 0.15) is 36.6 Å². The highest BCUT2D eigenvalue weighted by atomic mass is 32.2. The van der Waals surface area contributed by atoms with Gasteiger partial charge in [0.1, 0.15) is 10.7 Å². The molecule has 19 heavy (non-hydrogen) atoms. The number of hydrogen-bond donors (Lipinski definition) is 3. The van der Waals surface area contributed by atoms with Gasteiger partial charge in [0.05, 0.1) is 12.1 Å². The van der Waals surface area contributed by atoms with E-state index in [1.54, 1.807) is 13.8 Å². The third-order valence-electron chi connectivity index (χ3n) is 2.88. The van der Waals surface area contributed by atoms with Crippen molar-refractivity contribution in [2.75, 3.05) is 6.61 Å². The highest BCUT2D eigenvalue weighted by molar-refractivity contribution is 7.89. The van der Waals surface area contributed by atoms with Crippen LogP contribution in [-0.4, -0.2) is 36.7 Å². The van der Waals surface area contributed by atoms with Crippen LogP contribution in [0.4, 0.5) is 0 Å². The number of aryl methyl sites for hydroxylation is 1. The minimum absolute atomic E-state index is 0.0127. The number of rotatable bonds is 6. The third-order valence-corrected chi connectivity index (χ3v) is 4.63. The van der Waals surface area contributed by atoms with Crippen LogP contribution >= 0.6 is 0 Å². The molecule has 0 aliphatic heterocycles. The average molecular weight is 291 g/mol. The molecule has 108 valence electrons. The molecule has 0 bridgehead atoms. The predicted molar refractivity (Wildman–Crippen MR) is 66.5 cm³/mol. The number of aliphatic hydroxyl groups excluding tert-OH is 1. The molecule has 1 unspecified atom stereocenters. The van der Waals surface area contributed by atoms with Gasteiger partial charge in [-0.05, 0) is 20.3 Å². The van der Waals surface area contributed by atoms with E-state index in [1.807, 2.05) is 0 Å². The van der Waals surface area contributed by atoms with E-state index >= 15 is 0 Å². The Morgan fingerprint density at radius 2 is 2.11 bits per heavy atom. The fourth-order valence-corrected chi connectivity index (χ4v) is 3.08. The van der Waals surface area contributed by atoms with E-state index in [0.717, 1.165) is 6.07 Å². The van der Waals surface area contributed by atoms with Gasteiger partial charge < -0.3 is 14.6 Å². The monoisotopic (exact) mass is 291 g/mol. The summed E-state index contributed by atoms with van der Waals surface area (Å²) in [7, 11) is -3.95. The summed E-state index contributed by atoms with van der Waals surface area (Å²) in [5, 5.41) is 18.0. The molecule has 0 aliphatic carbocycles. The van der Waals surface area contributed by atoms with Crippen LogP contribution in [0, 0.1) is 6.92 Å². The molecular weight excluding hydrogens is 274 g/mol. The number of sulfonamides is 1. The first-order valence-electron chi connectivity index (χ1n) is 5.64. The van der Waals surface area contributed by atoms with Crippen LogP contribution in [0.3, 0.4) is 0 Å². The second-order valence-corrected chi connectivity index (χ2v) is 6.16. The van der Waals surface area contributed by atoms with Crippen molar-refractivity contribution >= 4 is 16.0 Å². The van der Waals surface area contributed by atoms with E-state index in [4.69, 9.17) is 9.52 Å². The third kappa shape index (κ3) is 3.34. The lowest BCUT2D eigenvalue weighted by Gasteiger charge is -2.26. The number of nitrogens with one attached hydrogen (secondary N) is 1. The summed E-state index contributed by atoms with van der Waals surface area (Å²) in [6, 6.07) is 0.952. The lowest BCUT2D eigenvalue weighted by atomic mass is 10.0. The zero-order chi connectivity index (χ0) is 14.8.